The molecule has 3 heterocycles. The van der Waals surface area contributed by atoms with E-state index in [-0.39, 0.29) is 24.8 Å². The number of para-hydroxylation sites is 2. The van der Waals surface area contributed by atoms with Crippen LogP contribution in [0.4, 0.5) is 5.69 Å². The molecule has 128 valence electrons. The van der Waals surface area contributed by atoms with Gasteiger partial charge in [0.25, 0.3) is 5.91 Å². The Morgan fingerprint density at radius 2 is 2.24 bits per heavy atom. The molecule has 0 saturated heterocycles. The molecule has 0 spiro atoms. The second-order valence-corrected chi connectivity index (χ2v) is 6.57. The summed E-state index contributed by atoms with van der Waals surface area (Å²) in [5.41, 5.74) is 1.38. The standard InChI is InChI=1S/C17H16N4O3S/c1-18-16(23)14-10-21(12-4-2-3-5-13(12)24-14)15(22)8-11-9-20-6-7-25-17(20)19-11/h2-7,9,14H,8,10H2,1H3,(H,18,23). The highest BCUT2D eigenvalue weighted by molar-refractivity contribution is 7.15. The summed E-state index contributed by atoms with van der Waals surface area (Å²) in [7, 11) is 1.55. The van der Waals surface area contributed by atoms with Crippen LogP contribution in [-0.4, -0.2) is 40.9 Å². The van der Waals surface area contributed by atoms with Crippen LogP contribution in [0.3, 0.4) is 0 Å². The first-order chi connectivity index (χ1) is 12.2. The number of hydrogen-bond acceptors (Lipinski definition) is 5. The number of rotatable bonds is 3. The number of fused-ring (bicyclic) bond motifs is 2. The Labute approximate surface area is 147 Å². The summed E-state index contributed by atoms with van der Waals surface area (Å²) in [4.78, 5) is 31.8. The van der Waals surface area contributed by atoms with Crippen LogP contribution in [0.15, 0.2) is 42.0 Å². The minimum absolute atomic E-state index is 0.115. The van der Waals surface area contributed by atoms with Crippen LogP contribution >= 0.6 is 11.3 Å². The van der Waals surface area contributed by atoms with Gasteiger partial charge in [0.15, 0.2) is 11.1 Å². The maximum Gasteiger partial charge on any atom is 0.262 e. The Kier molecular flexibility index (Phi) is 3.89. The first kappa shape index (κ1) is 15.6. The Morgan fingerprint density at radius 3 is 3.04 bits per heavy atom. The van der Waals surface area contributed by atoms with Crippen LogP contribution in [0, 0.1) is 0 Å². The lowest BCUT2D eigenvalue weighted by Gasteiger charge is -2.33. The smallest absolute Gasteiger partial charge is 0.262 e. The highest BCUT2D eigenvalue weighted by Crippen LogP contribution is 2.33. The quantitative estimate of drug-likeness (QED) is 0.771. The molecule has 2 amide bonds. The van der Waals surface area contributed by atoms with Gasteiger partial charge in [-0.25, -0.2) is 4.98 Å². The molecule has 0 radical (unpaired) electrons. The Morgan fingerprint density at radius 1 is 1.40 bits per heavy atom. The van der Waals surface area contributed by atoms with Gasteiger partial charge in [0, 0.05) is 24.8 Å². The number of nitrogens with one attached hydrogen (secondary N) is 1. The molecular formula is C17H16N4O3S. The van der Waals surface area contributed by atoms with Crippen molar-refractivity contribution in [2.45, 2.75) is 12.5 Å². The van der Waals surface area contributed by atoms with E-state index in [4.69, 9.17) is 4.74 Å². The van der Waals surface area contributed by atoms with Crippen LogP contribution in [0.25, 0.3) is 4.96 Å². The molecular weight excluding hydrogens is 340 g/mol. The highest BCUT2D eigenvalue weighted by Gasteiger charge is 2.33. The van der Waals surface area contributed by atoms with Crippen molar-refractivity contribution in [2.24, 2.45) is 0 Å². The van der Waals surface area contributed by atoms with Crippen LogP contribution in [0.1, 0.15) is 5.69 Å². The fourth-order valence-electron chi connectivity index (χ4n) is 2.88. The van der Waals surface area contributed by atoms with Crippen molar-refractivity contribution >= 4 is 33.8 Å². The second kappa shape index (κ2) is 6.21. The third kappa shape index (κ3) is 2.85. The number of imidazole rings is 1. The second-order valence-electron chi connectivity index (χ2n) is 5.69. The van der Waals surface area contributed by atoms with Gasteiger partial charge in [-0.3, -0.25) is 14.0 Å². The molecule has 7 nitrogen and oxygen atoms in total. The highest BCUT2D eigenvalue weighted by atomic mass is 32.1. The molecule has 1 aliphatic rings. The summed E-state index contributed by atoms with van der Waals surface area (Å²) in [6.07, 6.45) is 3.21. The van der Waals surface area contributed by atoms with Crippen molar-refractivity contribution < 1.29 is 14.3 Å². The Balaban J connectivity index is 1.61. The number of benzene rings is 1. The third-order valence-corrected chi connectivity index (χ3v) is 4.86. The predicted octanol–water partition coefficient (Wildman–Crippen LogP) is 1.48. The number of likely N-dealkylation sites (N-methyl/N-ethyl adjacent to an activating group) is 1. The van der Waals surface area contributed by atoms with E-state index in [1.54, 1.807) is 18.0 Å². The fraction of sp³-hybridized carbons (Fsp3) is 0.235. The van der Waals surface area contributed by atoms with E-state index in [1.165, 1.54) is 11.3 Å². The molecule has 1 unspecified atom stereocenters. The molecule has 1 atom stereocenters. The monoisotopic (exact) mass is 356 g/mol. The van der Waals surface area contributed by atoms with Crippen LogP contribution in [-0.2, 0) is 16.0 Å². The van der Waals surface area contributed by atoms with Crippen molar-refractivity contribution in [3.63, 3.8) is 0 Å². The normalized spacial score (nSPS) is 16.4. The zero-order valence-corrected chi connectivity index (χ0v) is 14.3. The van der Waals surface area contributed by atoms with Crippen molar-refractivity contribution in [3.05, 3.63) is 47.7 Å². The van der Waals surface area contributed by atoms with Gasteiger partial charge in [-0.15, -0.1) is 11.3 Å². The van der Waals surface area contributed by atoms with Crippen molar-refractivity contribution in [3.8, 4) is 5.75 Å². The Hall–Kier alpha value is -2.87. The predicted molar refractivity (Wildman–Crippen MR) is 94.1 cm³/mol. The van der Waals surface area contributed by atoms with Crippen LogP contribution < -0.4 is 15.0 Å². The van der Waals surface area contributed by atoms with Gasteiger partial charge < -0.3 is 15.0 Å². The van der Waals surface area contributed by atoms with E-state index < -0.39 is 6.10 Å². The summed E-state index contributed by atoms with van der Waals surface area (Å²) >= 11 is 1.52. The Bertz CT molecular complexity index is 920. The number of thiazole rings is 1. The number of carbonyl (C=O) groups is 2. The number of ether oxygens (including phenoxy) is 1. The van der Waals surface area contributed by atoms with Crippen molar-refractivity contribution in [1.82, 2.24) is 14.7 Å². The van der Waals surface area contributed by atoms with Crippen molar-refractivity contribution in [1.29, 1.82) is 0 Å². The van der Waals surface area contributed by atoms with E-state index >= 15 is 0 Å². The minimum atomic E-state index is -0.727. The lowest BCUT2D eigenvalue weighted by molar-refractivity contribution is -0.127. The van der Waals surface area contributed by atoms with Crippen LogP contribution in [0.5, 0.6) is 5.75 Å². The fourth-order valence-corrected chi connectivity index (χ4v) is 3.60. The molecule has 2 aromatic heterocycles. The topological polar surface area (TPSA) is 75.9 Å². The first-order valence-electron chi connectivity index (χ1n) is 7.84. The first-order valence-corrected chi connectivity index (χ1v) is 8.72. The molecule has 8 heteroatoms. The molecule has 0 bridgehead atoms. The van der Waals surface area contributed by atoms with Crippen LogP contribution in [0.2, 0.25) is 0 Å². The molecule has 0 saturated carbocycles. The van der Waals surface area contributed by atoms with E-state index in [1.807, 2.05) is 40.4 Å². The van der Waals surface area contributed by atoms with Gasteiger partial charge in [0.1, 0.15) is 5.75 Å². The maximum absolute atomic E-state index is 12.9. The molecule has 3 aromatic rings. The third-order valence-electron chi connectivity index (χ3n) is 4.09. The number of anilines is 1. The van der Waals surface area contributed by atoms with Crippen molar-refractivity contribution in [2.75, 3.05) is 18.5 Å². The van der Waals surface area contributed by atoms with E-state index in [0.29, 0.717) is 17.1 Å². The van der Waals surface area contributed by atoms with Gasteiger partial charge in [-0.2, -0.15) is 0 Å². The summed E-state index contributed by atoms with van der Waals surface area (Å²) in [6, 6.07) is 7.24. The molecule has 0 aliphatic carbocycles. The molecule has 0 fully saturated rings. The summed E-state index contributed by atoms with van der Waals surface area (Å²) in [5, 5.41) is 4.52. The number of carbonyl (C=O) groups excluding carboxylic acids is 2. The molecule has 1 aliphatic heterocycles. The lowest BCUT2D eigenvalue weighted by Crippen LogP contribution is -2.50. The summed E-state index contributed by atoms with van der Waals surface area (Å²) in [5.74, 6) is 0.159. The largest absolute Gasteiger partial charge is 0.477 e. The number of hydrogen-bond donors (Lipinski definition) is 1. The van der Waals surface area contributed by atoms with Gasteiger partial charge in [0.2, 0.25) is 5.91 Å². The molecule has 1 N–H and O–H groups in total. The average Bonchev–Trinajstić information content (AvgIpc) is 3.21. The number of nitrogens with zero attached hydrogens (tertiary/aromatic N) is 3. The SMILES string of the molecule is CNC(=O)C1CN(C(=O)Cc2cn3ccsc3n2)c2ccccc2O1. The van der Waals surface area contributed by atoms with Gasteiger partial charge in [-0.05, 0) is 12.1 Å². The molecule has 25 heavy (non-hydrogen) atoms. The lowest BCUT2D eigenvalue weighted by atomic mass is 10.1. The van der Waals surface area contributed by atoms with E-state index in [0.717, 1.165) is 4.96 Å². The van der Waals surface area contributed by atoms with Gasteiger partial charge in [0.05, 0.1) is 24.3 Å². The van der Waals surface area contributed by atoms with E-state index in [2.05, 4.69) is 10.3 Å². The van der Waals surface area contributed by atoms with Gasteiger partial charge in [-0.1, -0.05) is 12.1 Å². The summed E-state index contributed by atoms with van der Waals surface area (Å²) in [6.45, 7) is 0.178. The summed E-state index contributed by atoms with van der Waals surface area (Å²) < 4.78 is 7.62. The maximum atomic E-state index is 12.9. The average molecular weight is 356 g/mol. The molecule has 1 aromatic carbocycles. The van der Waals surface area contributed by atoms with E-state index in [9.17, 15) is 9.59 Å². The zero-order chi connectivity index (χ0) is 17.4. The van der Waals surface area contributed by atoms with Gasteiger partial charge >= 0.3 is 0 Å². The molecule has 4 rings (SSSR count). The minimum Gasteiger partial charge on any atom is -0.477 e. The number of amides is 2. The number of aromatic nitrogens is 2. The zero-order valence-electron chi connectivity index (χ0n) is 13.5.